The van der Waals surface area contributed by atoms with Gasteiger partial charge < -0.3 is 19.4 Å². The maximum absolute atomic E-state index is 12.4. The van der Waals surface area contributed by atoms with Crippen molar-refractivity contribution in [3.8, 4) is 5.75 Å². The number of nitrogens with zero attached hydrogens (tertiary/aromatic N) is 1. The normalized spacial score (nSPS) is 17.0. The van der Waals surface area contributed by atoms with Crippen LogP contribution in [0.1, 0.15) is 23.2 Å². The first kappa shape index (κ1) is 18.3. The lowest BCUT2D eigenvalue weighted by Crippen LogP contribution is -2.46. The first-order valence-corrected chi connectivity index (χ1v) is 8.99. The van der Waals surface area contributed by atoms with Gasteiger partial charge in [0.15, 0.2) is 0 Å². The highest BCUT2D eigenvalue weighted by Gasteiger charge is 2.29. The summed E-state index contributed by atoms with van der Waals surface area (Å²) in [5, 5.41) is 3.53. The number of rotatable bonds is 6. The van der Waals surface area contributed by atoms with Gasteiger partial charge in [0.2, 0.25) is 5.91 Å². The quantitative estimate of drug-likeness (QED) is 0.787. The molecule has 1 unspecified atom stereocenters. The van der Waals surface area contributed by atoms with Crippen LogP contribution in [0.4, 0.5) is 0 Å². The molecule has 1 atom stereocenters. The average molecular weight is 377 g/mol. The molecule has 1 aromatic carbocycles. The molecular formula is C19H21ClN2O4. The monoisotopic (exact) mass is 376 g/mol. The van der Waals surface area contributed by atoms with Crippen LogP contribution in [0.15, 0.2) is 47.3 Å². The minimum absolute atomic E-state index is 0.0469. The van der Waals surface area contributed by atoms with Gasteiger partial charge in [-0.05, 0) is 43.2 Å². The zero-order chi connectivity index (χ0) is 18.4. The number of ether oxygens (including phenoxy) is 1. The van der Waals surface area contributed by atoms with Crippen LogP contribution in [-0.4, -0.2) is 43.0 Å². The fraction of sp³-hybridized carbons (Fsp3) is 0.368. The van der Waals surface area contributed by atoms with Gasteiger partial charge in [-0.2, -0.15) is 0 Å². The van der Waals surface area contributed by atoms with E-state index >= 15 is 0 Å². The fourth-order valence-corrected chi connectivity index (χ4v) is 3.09. The van der Waals surface area contributed by atoms with E-state index in [1.807, 2.05) is 0 Å². The summed E-state index contributed by atoms with van der Waals surface area (Å²) in [6.45, 7) is 1.87. The highest BCUT2D eigenvalue weighted by molar-refractivity contribution is 6.30. The zero-order valence-electron chi connectivity index (χ0n) is 14.3. The van der Waals surface area contributed by atoms with E-state index in [2.05, 4.69) is 5.32 Å². The largest absolute Gasteiger partial charge is 0.492 e. The molecule has 138 valence electrons. The number of nitrogens with one attached hydrogen (secondary N) is 1. The molecule has 2 amide bonds. The van der Waals surface area contributed by atoms with Crippen LogP contribution in [-0.2, 0) is 4.79 Å². The van der Waals surface area contributed by atoms with Crippen LogP contribution < -0.4 is 10.1 Å². The van der Waals surface area contributed by atoms with Crippen molar-refractivity contribution in [2.24, 2.45) is 5.92 Å². The van der Waals surface area contributed by atoms with Crippen LogP contribution in [0.3, 0.4) is 0 Å². The Bertz CT molecular complexity index is 731. The number of likely N-dealkylation sites (tertiary alicyclic amines) is 1. The van der Waals surface area contributed by atoms with Crippen molar-refractivity contribution in [3.63, 3.8) is 0 Å². The Balaban J connectivity index is 1.42. The van der Waals surface area contributed by atoms with E-state index in [4.69, 9.17) is 20.8 Å². The zero-order valence-corrected chi connectivity index (χ0v) is 15.1. The molecule has 0 radical (unpaired) electrons. The molecule has 6 nitrogen and oxygen atoms in total. The van der Waals surface area contributed by atoms with Gasteiger partial charge in [-0.25, -0.2) is 0 Å². The third-order valence-corrected chi connectivity index (χ3v) is 4.58. The van der Waals surface area contributed by atoms with E-state index in [9.17, 15) is 9.59 Å². The number of amides is 2. The Hall–Kier alpha value is -2.47. The molecular weight excluding hydrogens is 356 g/mol. The van der Waals surface area contributed by atoms with Crippen molar-refractivity contribution < 1.29 is 18.7 Å². The molecule has 2 aromatic rings. The van der Waals surface area contributed by atoms with Gasteiger partial charge in [0.25, 0.3) is 5.91 Å². The van der Waals surface area contributed by atoms with Gasteiger partial charge in [0.05, 0.1) is 24.3 Å². The van der Waals surface area contributed by atoms with Crippen LogP contribution in [0.5, 0.6) is 5.75 Å². The number of furan rings is 1. The maximum Gasteiger partial charge on any atom is 0.257 e. The molecule has 3 rings (SSSR count). The first-order valence-electron chi connectivity index (χ1n) is 8.61. The molecule has 26 heavy (non-hydrogen) atoms. The lowest BCUT2D eigenvalue weighted by molar-refractivity contribution is -0.126. The van der Waals surface area contributed by atoms with E-state index in [0.717, 1.165) is 12.8 Å². The molecule has 0 aliphatic carbocycles. The summed E-state index contributed by atoms with van der Waals surface area (Å²) in [6.07, 6.45) is 4.49. The summed E-state index contributed by atoms with van der Waals surface area (Å²) >= 11 is 5.82. The summed E-state index contributed by atoms with van der Waals surface area (Å²) in [7, 11) is 0. The topological polar surface area (TPSA) is 71.8 Å². The number of carbonyl (C=O) groups excluding carboxylic acids is 2. The van der Waals surface area contributed by atoms with Crippen LogP contribution >= 0.6 is 11.6 Å². The molecule has 7 heteroatoms. The Morgan fingerprint density at radius 3 is 2.81 bits per heavy atom. The van der Waals surface area contributed by atoms with E-state index in [-0.39, 0.29) is 17.7 Å². The van der Waals surface area contributed by atoms with Gasteiger partial charge >= 0.3 is 0 Å². The standard InChI is InChI=1S/C19H21ClN2O4/c20-16-3-5-17(6-4-16)26-11-8-21-18(23)14-2-1-9-22(12-14)19(24)15-7-10-25-13-15/h3-7,10,13-14H,1-2,8-9,11-12H2,(H,21,23). The molecule has 1 aliphatic heterocycles. The lowest BCUT2D eigenvalue weighted by atomic mass is 9.96. The Kier molecular flexibility index (Phi) is 6.17. The van der Waals surface area contributed by atoms with Gasteiger partial charge in [-0.15, -0.1) is 0 Å². The van der Waals surface area contributed by atoms with Crippen LogP contribution in [0, 0.1) is 5.92 Å². The van der Waals surface area contributed by atoms with Crippen molar-refractivity contribution in [1.29, 1.82) is 0 Å². The smallest absolute Gasteiger partial charge is 0.257 e. The summed E-state index contributed by atoms with van der Waals surface area (Å²) in [4.78, 5) is 26.5. The molecule has 1 aliphatic rings. The number of halogens is 1. The third kappa shape index (κ3) is 4.79. The van der Waals surface area contributed by atoms with Gasteiger partial charge in [0, 0.05) is 18.1 Å². The van der Waals surface area contributed by atoms with Crippen LogP contribution in [0.25, 0.3) is 0 Å². The second-order valence-electron chi connectivity index (χ2n) is 6.20. The van der Waals surface area contributed by atoms with Crippen molar-refractivity contribution in [2.45, 2.75) is 12.8 Å². The molecule has 1 fully saturated rings. The summed E-state index contributed by atoms with van der Waals surface area (Å²) < 4.78 is 10.5. The van der Waals surface area contributed by atoms with Crippen LogP contribution in [0.2, 0.25) is 5.02 Å². The molecule has 0 spiro atoms. The number of carbonyl (C=O) groups is 2. The number of hydrogen-bond acceptors (Lipinski definition) is 4. The van der Waals surface area contributed by atoms with Gasteiger partial charge in [-0.3, -0.25) is 9.59 Å². The molecule has 1 N–H and O–H groups in total. The van der Waals surface area contributed by atoms with Crippen molar-refractivity contribution >= 4 is 23.4 Å². The predicted octanol–water partition coefficient (Wildman–Crippen LogP) is 2.98. The summed E-state index contributed by atoms with van der Waals surface area (Å²) in [5.74, 6) is 0.366. The SMILES string of the molecule is O=C(NCCOc1ccc(Cl)cc1)C1CCCN(C(=O)c2ccoc2)C1. The first-order chi connectivity index (χ1) is 12.6. The Morgan fingerprint density at radius 1 is 1.27 bits per heavy atom. The lowest BCUT2D eigenvalue weighted by Gasteiger charge is -2.31. The second-order valence-corrected chi connectivity index (χ2v) is 6.63. The van der Waals surface area contributed by atoms with E-state index < -0.39 is 0 Å². The third-order valence-electron chi connectivity index (χ3n) is 4.33. The van der Waals surface area contributed by atoms with Crippen molar-refractivity contribution in [3.05, 3.63) is 53.4 Å². The molecule has 2 heterocycles. The second kappa shape index (κ2) is 8.76. The number of piperidine rings is 1. The van der Waals surface area contributed by atoms with E-state index in [0.29, 0.717) is 42.6 Å². The minimum atomic E-state index is -0.199. The Morgan fingerprint density at radius 2 is 2.08 bits per heavy atom. The summed E-state index contributed by atoms with van der Waals surface area (Å²) in [6, 6.07) is 8.71. The fourth-order valence-electron chi connectivity index (χ4n) is 2.96. The highest BCUT2D eigenvalue weighted by Crippen LogP contribution is 2.19. The van der Waals surface area contributed by atoms with E-state index in [1.165, 1.54) is 12.5 Å². The van der Waals surface area contributed by atoms with Crippen molar-refractivity contribution in [1.82, 2.24) is 10.2 Å². The average Bonchev–Trinajstić information content (AvgIpc) is 3.21. The molecule has 1 aromatic heterocycles. The highest BCUT2D eigenvalue weighted by atomic mass is 35.5. The molecule has 0 bridgehead atoms. The molecule has 0 saturated carbocycles. The summed E-state index contributed by atoms with van der Waals surface area (Å²) in [5.41, 5.74) is 0.516. The Labute approximate surface area is 157 Å². The number of benzene rings is 1. The molecule has 1 saturated heterocycles. The number of hydrogen-bond donors (Lipinski definition) is 1. The predicted molar refractivity (Wildman–Crippen MR) is 97.3 cm³/mol. The van der Waals surface area contributed by atoms with Crippen molar-refractivity contribution in [2.75, 3.05) is 26.2 Å². The maximum atomic E-state index is 12.4. The van der Waals surface area contributed by atoms with Gasteiger partial charge in [-0.1, -0.05) is 11.6 Å². The minimum Gasteiger partial charge on any atom is -0.492 e. The van der Waals surface area contributed by atoms with Gasteiger partial charge in [0.1, 0.15) is 18.6 Å². The van der Waals surface area contributed by atoms with E-state index in [1.54, 1.807) is 35.2 Å².